The standard InChI is InChI=1S/C19H19BrN2O2/c20-16-2-1-3-17(12-16)21-19(24)13-22-10-8-15(9-11-22)14-4-6-18(23)7-5-14/h1-8,12,23H,9-11,13H2,(H,21,24). The summed E-state index contributed by atoms with van der Waals surface area (Å²) in [5, 5.41) is 12.3. The molecule has 0 radical (unpaired) electrons. The maximum Gasteiger partial charge on any atom is 0.238 e. The van der Waals surface area contributed by atoms with E-state index in [-0.39, 0.29) is 11.7 Å². The zero-order valence-electron chi connectivity index (χ0n) is 13.2. The van der Waals surface area contributed by atoms with Gasteiger partial charge in [-0.2, -0.15) is 0 Å². The Kier molecular flexibility index (Phi) is 5.33. The molecule has 0 spiro atoms. The first-order valence-corrected chi connectivity index (χ1v) is 8.66. The van der Waals surface area contributed by atoms with Crippen molar-refractivity contribution in [2.24, 2.45) is 0 Å². The number of anilines is 1. The molecule has 0 fully saturated rings. The van der Waals surface area contributed by atoms with E-state index in [1.165, 1.54) is 5.57 Å². The molecule has 124 valence electrons. The van der Waals surface area contributed by atoms with Gasteiger partial charge in [0.15, 0.2) is 0 Å². The number of phenols is 1. The molecule has 2 N–H and O–H groups in total. The number of nitrogens with one attached hydrogen (secondary N) is 1. The molecule has 0 aliphatic carbocycles. The van der Waals surface area contributed by atoms with Crippen LogP contribution in [0.4, 0.5) is 5.69 Å². The van der Waals surface area contributed by atoms with Crippen LogP contribution in [0.3, 0.4) is 0 Å². The number of nitrogens with zero attached hydrogens (tertiary/aromatic N) is 1. The van der Waals surface area contributed by atoms with Crippen LogP contribution in [-0.2, 0) is 4.79 Å². The smallest absolute Gasteiger partial charge is 0.238 e. The summed E-state index contributed by atoms with van der Waals surface area (Å²) < 4.78 is 0.944. The molecular formula is C19H19BrN2O2. The van der Waals surface area contributed by atoms with Crippen LogP contribution < -0.4 is 5.32 Å². The number of phenolic OH excluding ortho intramolecular Hbond substituents is 1. The number of aromatic hydroxyl groups is 1. The molecule has 3 rings (SSSR count). The van der Waals surface area contributed by atoms with E-state index in [9.17, 15) is 9.90 Å². The number of amides is 1. The number of hydrogen-bond acceptors (Lipinski definition) is 3. The topological polar surface area (TPSA) is 52.6 Å². The Balaban J connectivity index is 1.54. The van der Waals surface area contributed by atoms with Crippen molar-refractivity contribution in [3.05, 3.63) is 64.6 Å². The fraction of sp³-hybridized carbons (Fsp3) is 0.211. The van der Waals surface area contributed by atoms with Gasteiger partial charge < -0.3 is 10.4 Å². The van der Waals surface area contributed by atoms with E-state index in [0.29, 0.717) is 6.54 Å². The average molecular weight is 387 g/mol. The van der Waals surface area contributed by atoms with Gasteiger partial charge in [0.2, 0.25) is 5.91 Å². The molecule has 1 aliphatic heterocycles. The van der Waals surface area contributed by atoms with Crippen LogP contribution in [0.5, 0.6) is 5.75 Å². The van der Waals surface area contributed by atoms with Gasteiger partial charge in [-0.1, -0.05) is 40.2 Å². The van der Waals surface area contributed by atoms with Gasteiger partial charge in [-0.25, -0.2) is 0 Å². The zero-order valence-corrected chi connectivity index (χ0v) is 14.8. The Hall–Kier alpha value is -2.11. The minimum Gasteiger partial charge on any atom is -0.508 e. The quantitative estimate of drug-likeness (QED) is 0.837. The molecule has 1 aliphatic rings. The third-order valence-electron chi connectivity index (χ3n) is 4.01. The minimum atomic E-state index is -0.00502. The largest absolute Gasteiger partial charge is 0.508 e. The van der Waals surface area contributed by atoms with Crippen molar-refractivity contribution in [2.75, 3.05) is 25.0 Å². The second-order valence-corrected chi connectivity index (χ2v) is 6.74. The second-order valence-electron chi connectivity index (χ2n) is 5.82. The first-order valence-electron chi connectivity index (χ1n) is 7.86. The number of benzene rings is 2. The summed E-state index contributed by atoms with van der Waals surface area (Å²) in [4.78, 5) is 14.3. The molecule has 0 saturated carbocycles. The summed E-state index contributed by atoms with van der Waals surface area (Å²) in [6.07, 6.45) is 3.05. The maximum atomic E-state index is 12.2. The highest BCUT2D eigenvalue weighted by molar-refractivity contribution is 9.10. The van der Waals surface area contributed by atoms with Crippen molar-refractivity contribution in [3.63, 3.8) is 0 Å². The van der Waals surface area contributed by atoms with Gasteiger partial charge in [0, 0.05) is 23.2 Å². The van der Waals surface area contributed by atoms with Crippen LogP contribution in [-0.4, -0.2) is 35.5 Å². The van der Waals surface area contributed by atoms with Crippen molar-refractivity contribution in [3.8, 4) is 5.75 Å². The highest BCUT2D eigenvalue weighted by Crippen LogP contribution is 2.24. The molecule has 0 saturated heterocycles. The van der Waals surface area contributed by atoms with Crippen LogP contribution >= 0.6 is 15.9 Å². The molecule has 0 atom stereocenters. The van der Waals surface area contributed by atoms with Crippen molar-refractivity contribution in [1.29, 1.82) is 0 Å². The van der Waals surface area contributed by atoms with E-state index < -0.39 is 0 Å². The van der Waals surface area contributed by atoms with E-state index in [2.05, 4.69) is 32.2 Å². The summed E-state index contributed by atoms with van der Waals surface area (Å²) in [7, 11) is 0. The fourth-order valence-electron chi connectivity index (χ4n) is 2.76. The van der Waals surface area contributed by atoms with E-state index in [1.54, 1.807) is 12.1 Å². The molecular weight excluding hydrogens is 368 g/mol. The van der Waals surface area contributed by atoms with Gasteiger partial charge in [-0.3, -0.25) is 9.69 Å². The van der Waals surface area contributed by atoms with E-state index in [0.717, 1.165) is 35.2 Å². The van der Waals surface area contributed by atoms with Crippen LogP contribution in [0.25, 0.3) is 5.57 Å². The normalized spacial score (nSPS) is 15.0. The van der Waals surface area contributed by atoms with Gasteiger partial charge in [0.1, 0.15) is 5.75 Å². The van der Waals surface area contributed by atoms with Gasteiger partial charge in [0.25, 0.3) is 0 Å². The summed E-state index contributed by atoms with van der Waals surface area (Å²) >= 11 is 3.40. The SMILES string of the molecule is O=C(CN1CC=C(c2ccc(O)cc2)CC1)Nc1cccc(Br)c1. The Morgan fingerprint density at radius 2 is 2.00 bits per heavy atom. The lowest BCUT2D eigenvalue weighted by Crippen LogP contribution is -2.36. The Morgan fingerprint density at radius 1 is 1.21 bits per heavy atom. The lowest BCUT2D eigenvalue weighted by atomic mass is 9.99. The summed E-state index contributed by atoms with van der Waals surface area (Å²) in [6, 6.07) is 14.8. The Morgan fingerprint density at radius 3 is 2.67 bits per heavy atom. The number of halogens is 1. The zero-order chi connectivity index (χ0) is 16.9. The summed E-state index contributed by atoms with van der Waals surface area (Å²) in [5.74, 6) is 0.274. The molecule has 4 nitrogen and oxygen atoms in total. The maximum absolute atomic E-state index is 12.2. The fourth-order valence-corrected chi connectivity index (χ4v) is 3.16. The van der Waals surface area contributed by atoms with E-state index in [4.69, 9.17) is 0 Å². The lowest BCUT2D eigenvalue weighted by molar-refractivity contribution is -0.117. The van der Waals surface area contributed by atoms with Gasteiger partial charge in [0.05, 0.1) is 6.54 Å². The van der Waals surface area contributed by atoms with Gasteiger partial charge >= 0.3 is 0 Å². The summed E-state index contributed by atoms with van der Waals surface area (Å²) in [5.41, 5.74) is 3.19. The highest BCUT2D eigenvalue weighted by Gasteiger charge is 2.16. The monoisotopic (exact) mass is 386 g/mol. The van der Waals surface area contributed by atoms with Crippen molar-refractivity contribution < 1.29 is 9.90 Å². The third kappa shape index (κ3) is 4.46. The Bertz CT molecular complexity index is 756. The molecule has 1 heterocycles. The molecule has 2 aromatic carbocycles. The highest BCUT2D eigenvalue weighted by atomic mass is 79.9. The molecule has 0 bridgehead atoms. The molecule has 24 heavy (non-hydrogen) atoms. The number of carbonyl (C=O) groups is 1. The van der Waals surface area contributed by atoms with E-state index in [1.807, 2.05) is 36.4 Å². The van der Waals surface area contributed by atoms with Crippen molar-refractivity contribution in [2.45, 2.75) is 6.42 Å². The summed E-state index contributed by atoms with van der Waals surface area (Å²) in [6.45, 7) is 1.98. The van der Waals surface area contributed by atoms with E-state index >= 15 is 0 Å². The number of hydrogen-bond donors (Lipinski definition) is 2. The molecule has 5 heteroatoms. The van der Waals surface area contributed by atoms with Crippen LogP contribution in [0.15, 0.2) is 59.1 Å². The van der Waals surface area contributed by atoms with Gasteiger partial charge in [-0.05, 0) is 47.9 Å². The van der Waals surface area contributed by atoms with Crippen molar-refractivity contribution in [1.82, 2.24) is 4.90 Å². The molecule has 2 aromatic rings. The third-order valence-corrected chi connectivity index (χ3v) is 4.50. The van der Waals surface area contributed by atoms with Crippen molar-refractivity contribution >= 4 is 33.1 Å². The second kappa shape index (κ2) is 7.64. The van der Waals surface area contributed by atoms with Crippen LogP contribution in [0.2, 0.25) is 0 Å². The predicted molar refractivity (Wildman–Crippen MR) is 99.9 cm³/mol. The average Bonchev–Trinajstić information content (AvgIpc) is 2.56. The molecule has 0 aromatic heterocycles. The molecule has 0 unspecified atom stereocenters. The lowest BCUT2D eigenvalue weighted by Gasteiger charge is -2.26. The van der Waals surface area contributed by atoms with Crippen LogP contribution in [0, 0.1) is 0 Å². The minimum absolute atomic E-state index is 0.00502. The van der Waals surface area contributed by atoms with Gasteiger partial charge in [-0.15, -0.1) is 0 Å². The predicted octanol–water partition coefficient (Wildman–Crippen LogP) is 3.88. The number of rotatable bonds is 4. The van der Waals surface area contributed by atoms with Crippen LogP contribution in [0.1, 0.15) is 12.0 Å². The number of carbonyl (C=O) groups excluding carboxylic acids is 1. The Labute approximate surface area is 149 Å². The molecule has 1 amide bonds. The first-order chi connectivity index (χ1) is 11.6. The first kappa shape index (κ1) is 16.7.